The molecule has 10 heteroatoms. The first-order chi connectivity index (χ1) is 12.9. The van der Waals surface area contributed by atoms with Gasteiger partial charge in [-0.25, -0.2) is 4.98 Å². The lowest BCUT2D eigenvalue weighted by molar-refractivity contribution is -0.394. The summed E-state index contributed by atoms with van der Waals surface area (Å²) in [6.45, 7) is 0.325. The van der Waals surface area contributed by atoms with E-state index in [0.717, 1.165) is 33.4 Å². The lowest BCUT2D eigenvalue weighted by Gasteiger charge is -2.05. The maximum atomic E-state index is 12.2. The van der Waals surface area contributed by atoms with E-state index in [1.807, 2.05) is 24.3 Å². The van der Waals surface area contributed by atoms with Gasteiger partial charge in [0.05, 0.1) is 36.7 Å². The van der Waals surface area contributed by atoms with Gasteiger partial charge in [0, 0.05) is 25.1 Å². The van der Waals surface area contributed by atoms with Crippen LogP contribution in [0.2, 0.25) is 0 Å². The Morgan fingerprint density at radius 2 is 1.74 bits per heavy atom. The Kier molecular flexibility index (Phi) is 5.36. The summed E-state index contributed by atoms with van der Waals surface area (Å²) in [6.07, 6.45) is 1.30. The van der Waals surface area contributed by atoms with Crippen molar-refractivity contribution in [3.05, 3.63) is 73.3 Å². The number of carbonyl (C=O) groups is 1. The number of thiazole rings is 1. The lowest BCUT2D eigenvalue weighted by atomic mass is 10.1. The molecule has 1 amide bonds. The zero-order chi connectivity index (χ0) is 19.4. The van der Waals surface area contributed by atoms with E-state index in [1.54, 1.807) is 11.3 Å². The van der Waals surface area contributed by atoms with Gasteiger partial charge in [-0.1, -0.05) is 12.1 Å². The lowest BCUT2D eigenvalue weighted by Crippen LogP contribution is -2.25. The average Bonchev–Trinajstić information content (AvgIpc) is 3.07. The molecule has 0 aliphatic carbocycles. The third kappa shape index (κ3) is 4.42. The standard InChI is InChI=1S/C17H14N4O5S/c22-17(11-8-12(20(23)24)10-13(9-11)21(25)26)18-7-3-6-16-19-14-4-1-2-5-15(14)27-16/h1-2,4-5,8-10H,3,6-7H2,(H,18,22). The molecule has 1 aromatic heterocycles. The van der Waals surface area contributed by atoms with Crippen LogP contribution in [0.25, 0.3) is 10.2 Å². The largest absolute Gasteiger partial charge is 0.352 e. The highest BCUT2D eigenvalue weighted by molar-refractivity contribution is 7.18. The van der Waals surface area contributed by atoms with Crippen molar-refractivity contribution in [3.8, 4) is 0 Å². The first-order valence-electron chi connectivity index (χ1n) is 8.00. The number of amides is 1. The minimum absolute atomic E-state index is 0.115. The number of aromatic nitrogens is 1. The highest BCUT2D eigenvalue weighted by Gasteiger charge is 2.19. The smallest absolute Gasteiger partial charge is 0.277 e. The number of hydrogen-bond acceptors (Lipinski definition) is 7. The molecule has 1 N–H and O–H groups in total. The molecular weight excluding hydrogens is 372 g/mol. The van der Waals surface area contributed by atoms with Crippen LogP contribution in [0.5, 0.6) is 0 Å². The zero-order valence-corrected chi connectivity index (χ0v) is 14.8. The quantitative estimate of drug-likeness (QED) is 0.376. The molecule has 1 heterocycles. The normalized spacial score (nSPS) is 10.7. The van der Waals surface area contributed by atoms with E-state index < -0.39 is 27.1 Å². The fourth-order valence-corrected chi connectivity index (χ4v) is 3.52. The molecule has 9 nitrogen and oxygen atoms in total. The maximum Gasteiger partial charge on any atom is 0.277 e. The number of non-ortho nitro benzene ring substituents is 2. The summed E-state index contributed by atoms with van der Waals surface area (Å²) in [4.78, 5) is 36.9. The molecule has 3 aromatic rings. The molecule has 0 atom stereocenters. The summed E-state index contributed by atoms with van der Waals surface area (Å²) < 4.78 is 1.10. The second kappa shape index (κ2) is 7.87. The van der Waals surface area contributed by atoms with Crippen LogP contribution in [-0.4, -0.2) is 27.3 Å². The molecule has 3 rings (SSSR count). The maximum absolute atomic E-state index is 12.2. The minimum Gasteiger partial charge on any atom is -0.352 e. The van der Waals surface area contributed by atoms with Crippen LogP contribution in [0.15, 0.2) is 42.5 Å². The van der Waals surface area contributed by atoms with E-state index in [4.69, 9.17) is 0 Å². The number of benzene rings is 2. The van der Waals surface area contributed by atoms with Gasteiger partial charge in [0.2, 0.25) is 0 Å². The molecule has 0 saturated heterocycles. The highest BCUT2D eigenvalue weighted by Crippen LogP contribution is 2.23. The van der Waals surface area contributed by atoms with Crippen LogP contribution >= 0.6 is 11.3 Å². The predicted molar refractivity (Wildman–Crippen MR) is 100 cm³/mol. The molecule has 27 heavy (non-hydrogen) atoms. The van der Waals surface area contributed by atoms with E-state index >= 15 is 0 Å². The Morgan fingerprint density at radius 3 is 2.37 bits per heavy atom. The van der Waals surface area contributed by atoms with Gasteiger partial charge in [-0.05, 0) is 18.6 Å². The zero-order valence-electron chi connectivity index (χ0n) is 14.0. The van der Waals surface area contributed by atoms with Crippen LogP contribution in [-0.2, 0) is 6.42 Å². The van der Waals surface area contributed by atoms with Gasteiger partial charge < -0.3 is 5.32 Å². The van der Waals surface area contributed by atoms with Crippen LogP contribution in [0, 0.1) is 20.2 Å². The Morgan fingerprint density at radius 1 is 1.07 bits per heavy atom. The van der Waals surface area contributed by atoms with Crippen molar-refractivity contribution in [2.24, 2.45) is 0 Å². The molecule has 138 valence electrons. The number of carbonyl (C=O) groups excluding carboxylic acids is 1. The Bertz CT molecular complexity index is 968. The first kappa shape index (κ1) is 18.4. The van der Waals surface area contributed by atoms with Gasteiger partial charge in [-0.15, -0.1) is 11.3 Å². The topological polar surface area (TPSA) is 128 Å². The van der Waals surface area contributed by atoms with Crippen molar-refractivity contribution < 1.29 is 14.6 Å². The summed E-state index contributed by atoms with van der Waals surface area (Å²) >= 11 is 1.59. The molecule has 0 bridgehead atoms. The number of nitro benzene ring substituents is 2. The van der Waals surface area contributed by atoms with Gasteiger partial charge in [0.1, 0.15) is 0 Å². The number of rotatable bonds is 7. The van der Waals surface area contributed by atoms with Gasteiger partial charge in [-0.2, -0.15) is 0 Å². The van der Waals surface area contributed by atoms with E-state index in [1.165, 1.54) is 0 Å². The van der Waals surface area contributed by atoms with E-state index in [0.29, 0.717) is 19.4 Å². The molecule has 0 fully saturated rings. The van der Waals surface area contributed by atoms with Gasteiger partial charge in [-0.3, -0.25) is 25.0 Å². The third-order valence-corrected chi connectivity index (χ3v) is 4.87. The molecule has 0 unspecified atom stereocenters. The number of aryl methyl sites for hydroxylation is 1. The van der Waals surface area contributed by atoms with Crippen molar-refractivity contribution in [2.75, 3.05) is 6.54 Å². The third-order valence-electron chi connectivity index (χ3n) is 3.78. The molecule has 2 aromatic carbocycles. The number of nitro groups is 2. The van der Waals surface area contributed by atoms with Crippen molar-refractivity contribution in [1.29, 1.82) is 0 Å². The Balaban J connectivity index is 1.60. The predicted octanol–water partition coefficient (Wildman–Crippen LogP) is 3.48. The van der Waals surface area contributed by atoms with Gasteiger partial charge >= 0.3 is 0 Å². The average molecular weight is 386 g/mol. The molecular formula is C17H14N4O5S. The van der Waals surface area contributed by atoms with E-state index in [-0.39, 0.29) is 5.56 Å². The molecule has 0 aliphatic rings. The Hall–Kier alpha value is -3.40. The molecule has 0 spiro atoms. The van der Waals surface area contributed by atoms with Crippen molar-refractivity contribution in [1.82, 2.24) is 10.3 Å². The second-order valence-electron chi connectivity index (χ2n) is 5.69. The molecule has 0 aliphatic heterocycles. The summed E-state index contributed by atoms with van der Waals surface area (Å²) in [5, 5.41) is 25.4. The summed E-state index contributed by atoms with van der Waals surface area (Å²) in [6, 6.07) is 10.7. The number of para-hydroxylation sites is 1. The summed E-state index contributed by atoms with van der Waals surface area (Å²) in [5.74, 6) is -0.592. The number of fused-ring (bicyclic) bond motifs is 1. The second-order valence-corrected chi connectivity index (χ2v) is 6.80. The fourth-order valence-electron chi connectivity index (χ4n) is 2.51. The van der Waals surface area contributed by atoms with E-state index in [2.05, 4.69) is 10.3 Å². The fraction of sp³-hybridized carbons (Fsp3) is 0.176. The Labute approximate surface area is 157 Å². The first-order valence-corrected chi connectivity index (χ1v) is 8.82. The number of nitrogens with one attached hydrogen (secondary N) is 1. The van der Waals surface area contributed by atoms with Crippen molar-refractivity contribution in [2.45, 2.75) is 12.8 Å². The van der Waals surface area contributed by atoms with Crippen LogP contribution < -0.4 is 5.32 Å². The molecule has 0 radical (unpaired) electrons. The van der Waals surface area contributed by atoms with Crippen LogP contribution in [0.4, 0.5) is 11.4 Å². The SMILES string of the molecule is O=C(NCCCc1nc2ccccc2s1)c1cc([N+](=O)[O-])cc([N+](=O)[O-])c1. The van der Waals surface area contributed by atoms with Gasteiger partial charge in [0.15, 0.2) is 0 Å². The van der Waals surface area contributed by atoms with Crippen LogP contribution in [0.1, 0.15) is 21.8 Å². The van der Waals surface area contributed by atoms with Crippen LogP contribution in [0.3, 0.4) is 0 Å². The molecule has 0 saturated carbocycles. The van der Waals surface area contributed by atoms with Gasteiger partial charge in [0.25, 0.3) is 17.3 Å². The minimum atomic E-state index is -0.767. The summed E-state index contributed by atoms with van der Waals surface area (Å²) in [7, 11) is 0. The van der Waals surface area contributed by atoms with Crippen molar-refractivity contribution in [3.63, 3.8) is 0 Å². The number of hydrogen-bond donors (Lipinski definition) is 1. The number of nitrogens with zero attached hydrogens (tertiary/aromatic N) is 3. The monoisotopic (exact) mass is 386 g/mol. The van der Waals surface area contributed by atoms with E-state index in [9.17, 15) is 25.0 Å². The van der Waals surface area contributed by atoms with Crippen molar-refractivity contribution >= 4 is 38.8 Å². The highest BCUT2D eigenvalue weighted by atomic mass is 32.1. The summed E-state index contributed by atoms with van der Waals surface area (Å²) in [5.41, 5.74) is -0.172.